The van der Waals surface area contributed by atoms with E-state index in [0.717, 1.165) is 12.5 Å². The maximum atomic E-state index is 15.3. The van der Waals surface area contributed by atoms with Crippen molar-refractivity contribution in [2.24, 2.45) is 4.99 Å². The zero-order valence-corrected chi connectivity index (χ0v) is 18.0. The van der Waals surface area contributed by atoms with E-state index in [0.29, 0.717) is 33.1 Å². The van der Waals surface area contributed by atoms with E-state index >= 15 is 4.39 Å². The van der Waals surface area contributed by atoms with Gasteiger partial charge in [0.05, 0.1) is 17.0 Å². The van der Waals surface area contributed by atoms with Crippen LogP contribution in [0.3, 0.4) is 0 Å². The molecule has 0 unspecified atom stereocenters. The minimum Gasteiger partial charge on any atom is -0.358 e. The fourth-order valence-corrected chi connectivity index (χ4v) is 4.00. The Morgan fingerprint density at radius 2 is 1.84 bits per heavy atom. The number of alkyl halides is 3. The lowest BCUT2D eigenvalue weighted by Gasteiger charge is -2.27. The highest BCUT2D eigenvalue weighted by Gasteiger charge is 2.46. The van der Waals surface area contributed by atoms with Gasteiger partial charge in [-0.15, -0.1) is 0 Å². The number of carbonyl (C=O) groups is 1. The number of fused-ring (bicyclic) bond motifs is 3. The number of amides is 1. The number of nitrogens with one attached hydrogen (secondary N) is 1. The fraction of sp³-hybridized carbons (Fsp3) is 0.261. The summed E-state index contributed by atoms with van der Waals surface area (Å²) in [7, 11) is 0. The van der Waals surface area contributed by atoms with Gasteiger partial charge in [0, 0.05) is 29.5 Å². The monoisotopic (exact) mass is 461 g/mol. The maximum absolute atomic E-state index is 15.3. The molecule has 4 rings (SSSR count). The fourth-order valence-electron chi connectivity index (χ4n) is 3.88. The summed E-state index contributed by atoms with van der Waals surface area (Å²) in [5.41, 5.74) is 3.67. The van der Waals surface area contributed by atoms with Crippen molar-refractivity contribution in [2.45, 2.75) is 38.5 Å². The normalized spacial score (nSPS) is 17.1. The summed E-state index contributed by atoms with van der Waals surface area (Å²) in [6, 6.07) is 13.0. The van der Waals surface area contributed by atoms with E-state index in [2.05, 4.69) is 10.1 Å². The number of carbonyl (C=O) groups excluding carboxylic acids is 1. The number of nitrogens with zero attached hydrogens (tertiary/aromatic N) is 2. The summed E-state index contributed by atoms with van der Waals surface area (Å²) < 4.78 is 48.2. The van der Waals surface area contributed by atoms with Gasteiger partial charge in [0.15, 0.2) is 5.76 Å². The van der Waals surface area contributed by atoms with Gasteiger partial charge < -0.3 is 9.84 Å². The van der Waals surface area contributed by atoms with Crippen LogP contribution in [0.25, 0.3) is 11.1 Å². The van der Waals surface area contributed by atoms with E-state index in [4.69, 9.17) is 16.1 Å². The maximum Gasteiger partial charge on any atom is 0.290 e. The molecule has 1 aliphatic rings. The molecule has 2 aromatic carbocycles. The average Bonchev–Trinajstić information content (AvgIpc) is 3.06. The molecule has 1 aromatic heterocycles. The first-order valence-electron chi connectivity index (χ1n) is 9.85. The second-order valence-electron chi connectivity index (χ2n) is 7.60. The van der Waals surface area contributed by atoms with Crippen LogP contribution < -0.4 is 5.32 Å². The van der Waals surface area contributed by atoms with Gasteiger partial charge in [-0.2, -0.15) is 0 Å². The molecule has 0 spiro atoms. The van der Waals surface area contributed by atoms with Crippen LogP contribution in [0.15, 0.2) is 58.0 Å². The highest BCUT2D eigenvalue weighted by atomic mass is 35.5. The Bertz CT molecular complexity index is 1190. The second-order valence-corrected chi connectivity index (χ2v) is 8.04. The number of halogens is 4. The van der Waals surface area contributed by atoms with Crippen LogP contribution in [0.1, 0.15) is 42.0 Å². The summed E-state index contributed by atoms with van der Waals surface area (Å²) in [5, 5.41) is 6.23. The first-order valence-corrected chi connectivity index (χ1v) is 10.2. The van der Waals surface area contributed by atoms with Gasteiger partial charge in [-0.3, -0.25) is 9.79 Å². The summed E-state index contributed by atoms with van der Waals surface area (Å²) in [6.07, 6.45) is -4.31. The molecule has 0 fully saturated rings. The molecule has 0 bridgehead atoms. The van der Waals surface area contributed by atoms with Crippen LogP contribution in [0, 0.1) is 6.92 Å². The number of aliphatic imine (C=N–C) groups is 1. The lowest BCUT2D eigenvalue weighted by atomic mass is 9.92. The average molecular weight is 462 g/mol. The minimum absolute atomic E-state index is 0.159. The molecule has 0 saturated carbocycles. The van der Waals surface area contributed by atoms with Crippen LogP contribution >= 0.6 is 11.6 Å². The molecule has 32 heavy (non-hydrogen) atoms. The van der Waals surface area contributed by atoms with Crippen LogP contribution in [-0.2, 0) is 4.79 Å². The zero-order chi connectivity index (χ0) is 23.0. The standard InChI is InChI=1S/C23H19ClF3N3O2/c1-12-19-16-5-3-4-6-17(16)20(14-7-9-15(24)10-8-14)28-18(21(19)32-30-12)11-23(27,22(25)26)29-13(2)31/h3-10,18,22H,11H2,1-2H3,(H,29,31)/t18-,23+/m0/s1. The van der Waals surface area contributed by atoms with E-state index in [1.165, 1.54) is 0 Å². The molecule has 5 nitrogen and oxygen atoms in total. The van der Waals surface area contributed by atoms with Crippen LogP contribution in [-0.4, -0.2) is 29.0 Å². The smallest absolute Gasteiger partial charge is 0.290 e. The first-order chi connectivity index (χ1) is 15.2. The van der Waals surface area contributed by atoms with Crippen LogP contribution in [0.4, 0.5) is 13.2 Å². The molecule has 1 aliphatic heterocycles. The number of aromatic nitrogens is 1. The molecule has 3 aromatic rings. The molecule has 0 saturated heterocycles. The van der Waals surface area contributed by atoms with Gasteiger partial charge in [-0.25, -0.2) is 13.2 Å². The zero-order valence-electron chi connectivity index (χ0n) is 17.2. The van der Waals surface area contributed by atoms with Gasteiger partial charge in [-0.05, 0) is 24.6 Å². The van der Waals surface area contributed by atoms with E-state index in [9.17, 15) is 13.6 Å². The molecule has 0 aliphatic carbocycles. The SMILES string of the molecule is CC(=O)N[C@](F)(C[C@@H]1N=C(c2ccc(Cl)cc2)c2ccccc2-c2c(C)noc21)C(F)F. The van der Waals surface area contributed by atoms with Crippen molar-refractivity contribution in [3.05, 3.63) is 76.1 Å². The van der Waals surface area contributed by atoms with Crippen molar-refractivity contribution in [3.8, 4) is 11.1 Å². The highest BCUT2D eigenvalue weighted by molar-refractivity contribution is 6.30. The Morgan fingerprint density at radius 3 is 2.47 bits per heavy atom. The number of hydrogen-bond donors (Lipinski definition) is 1. The van der Waals surface area contributed by atoms with E-state index in [1.807, 2.05) is 24.3 Å². The third-order valence-corrected chi connectivity index (χ3v) is 5.52. The third-order valence-electron chi connectivity index (χ3n) is 5.27. The largest absolute Gasteiger partial charge is 0.358 e. The van der Waals surface area contributed by atoms with Crippen molar-refractivity contribution in [1.82, 2.24) is 10.5 Å². The number of hydrogen-bond acceptors (Lipinski definition) is 4. The Balaban J connectivity index is 1.93. The molecule has 1 amide bonds. The van der Waals surface area contributed by atoms with Gasteiger partial charge >= 0.3 is 0 Å². The number of aryl methyl sites for hydroxylation is 1. The predicted octanol–water partition coefficient (Wildman–Crippen LogP) is 5.65. The molecule has 0 radical (unpaired) electrons. The van der Waals surface area contributed by atoms with Gasteiger partial charge in [0.25, 0.3) is 6.43 Å². The third kappa shape index (κ3) is 4.02. The Labute approximate surface area is 187 Å². The molecule has 9 heteroatoms. The first kappa shape index (κ1) is 22.1. The topological polar surface area (TPSA) is 67.5 Å². The molecule has 166 valence electrons. The van der Waals surface area contributed by atoms with Crippen LogP contribution in [0.2, 0.25) is 5.02 Å². The van der Waals surface area contributed by atoms with Crippen molar-refractivity contribution >= 4 is 23.2 Å². The predicted molar refractivity (Wildman–Crippen MR) is 115 cm³/mol. The summed E-state index contributed by atoms with van der Waals surface area (Å²) in [4.78, 5) is 16.1. The Kier molecular flexibility index (Phi) is 5.81. The van der Waals surface area contributed by atoms with Crippen molar-refractivity contribution in [1.29, 1.82) is 0 Å². The lowest BCUT2D eigenvalue weighted by molar-refractivity contribution is -0.131. The van der Waals surface area contributed by atoms with E-state index < -0.39 is 30.6 Å². The lowest BCUT2D eigenvalue weighted by Crippen LogP contribution is -2.50. The van der Waals surface area contributed by atoms with Crippen molar-refractivity contribution in [3.63, 3.8) is 0 Å². The molecular formula is C23H19ClF3N3O2. The van der Waals surface area contributed by atoms with Crippen molar-refractivity contribution < 1.29 is 22.5 Å². The van der Waals surface area contributed by atoms with E-state index in [1.54, 1.807) is 36.5 Å². The Morgan fingerprint density at radius 1 is 1.19 bits per heavy atom. The van der Waals surface area contributed by atoms with E-state index in [-0.39, 0.29) is 5.76 Å². The summed E-state index contributed by atoms with van der Waals surface area (Å²) in [6.45, 7) is 2.69. The van der Waals surface area contributed by atoms with Crippen molar-refractivity contribution in [2.75, 3.05) is 0 Å². The highest BCUT2D eigenvalue weighted by Crippen LogP contribution is 2.43. The Hall–Kier alpha value is -3.13. The quantitative estimate of drug-likeness (QED) is 0.499. The van der Waals surface area contributed by atoms with Gasteiger partial charge in [0.1, 0.15) is 6.04 Å². The molecule has 2 heterocycles. The number of benzene rings is 2. The molecular weight excluding hydrogens is 443 g/mol. The van der Waals surface area contributed by atoms with Crippen LogP contribution in [0.5, 0.6) is 0 Å². The number of rotatable bonds is 5. The second kappa shape index (κ2) is 8.43. The minimum atomic E-state index is -3.47. The van der Waals surface area contributed by atoms with Gasteiger partial charge in [-0.1, -0.05) is 53.2 Å². The summed E-state index contributed by atoms with van der Waals surface area (Å²) in [5.74, 6) is -4.06. The van der Waals surface area contributed by atoms with Gasteiger partial charge in [0.2, 0.25) is 11.7 Å². The summed E-state index contributed by atoms with van der Waals surface area (Å²) >= 11 is 6.02. The molecule has 1 N–H and O–H groups in total. The molecule has 2 atom stereocenters.